The highest BCUT2D eigenvalue weighted by molar-refractivity contribution is 6.18. The maximum absolute atomic E-state index is 5.70. The second kappa shape index (κ2) is 4.20. The van der Waals surface area contributed by atoms with Crippen LogP contribution in [0.1, 0.15) is 0 Å². The van der Waals surface area contributed by atoms with Crippen LogP contribution >= 0.6 is 11.6 Å². The number of rotatable bonds is 2. The minimum Gasteiger partial charge on any atom is -1.00 e. The van der Waals surface area contributed by atoms with E-state index in [4.69, 9.17) is 11.6 Å². The zero-order valence-corrected chi connectivity index (χ0v) is 10.2. The van der Waals surface area contributed by atoms with E-state index in [2.05, 4.69) is 27.0 Å². The molecule has 0 aromatic carbocycles. The van der Waals surface area contributed by atoms with Gasteiger partial charge in [0.15, 0.2) is 0 Å². The Labute approximate surface area is 102 Å². The fourth-order valence-electron chi connectivity index (χ4n) is 2.98. The van der Waals surface area contributed by atoms with Crippen molar-refractivity contribution in [2.24, 2.45) is 0 Å². The largest absolute Gasteiger partial charge is 1.00 e. The zero-order valence-electron chi connectivity index (χ0n) is 8.65. The SMILES string of the molecule is ClCC=C[N+]12CN3CN(CN(C3)C1)C2.[Cl-]. The Kier molecular flexibility index (Phi) is 3.26. The van der Waals surface area contributed by atoms with E-state index in [1.165, 1.54) is 0 Å². The molecule has 0 N–H and O–H groups in total. The minimum absolute atomic E-state index is 0. The van der Waals surface area contributed by atoms with Gasteiger partial charge in [0.05, 0.1) is 26.2 Å². The quantitative estimate of drug-likeness (QED) is 0.389. The third-order valence-electron chi connectivity index (χ3n) is 3.16. The highest BCUT2D eigenvalue weighted by Crippen LogP contribution is 2.28. The lowest BCUT2D eigenvalue weighted by Crippen LogP contribution is -3.00. The van der Waals surface area contributed by atoms with Gasteiger partial charge in [0.25, 0.3) is 0 Å². The molecule has 4 fully saturated rings. The van der Waals surface area contributed by atoms with Crippen molar-refractivity contribution in [2.45, 2.75) is 0 Å². The maximum atomic E-state index is 5.70. The van der Waals surface area contributed by atoms with Gasteiger partial charge in [0.2, 0.25) is 0 Å². The highest BCUT2D eigenvalue weighted by Gasteiger charge is 2.47. The first-order valence-electron chi connectivity index (χ1n) is 5.06. The van der Waals surface area contributed by atoms with Crippen LogP contribution in [0.4, 0.5) is 0 Å². The van der Waals surface area contributed by atoms with Gasteiger partial charge >= 0.3 is 0 Å². The van der Waals surface area contributed by atoms with Crippen molar-refractivity contribution >= 4 is 11.6 Å². The molecule has 4 aliphatic rings. The maximum Gasteiger partial charge on any atom is 0.143 e. The summed E-state index contributed by atoms with van der Waals surface area (Å²) in [5.41, 5.74) is 0. The average molecular weight is 251 g/mol. The lowest BCUT2D eigenvalue weighted by atomic mass is 10.3. The van der Waals surface area contributed by atoms with Gasteiger partial charge in [-0.2, -0.15) is 0 Å². The molecule has 4 saturated heterocycles. The molecule has 4 nitrogen and oxygen atoms in total. The van der Waals surface area contributed by atoms with Crippen LogP contribution in [0.25, 0.3) is 0 Å². The van der Waals surface area contributed by atoms with Gasteiger partial charge in [-0.15, -0.1) is 11.6 Å². The van der Waals surface area contributed by atoms with E-state index >= 15 is 0 Å². The molecule has 15 heavy (non-hydrogen) atoms. The van der Waals surface area contributed by atoms with Crippen molar-refractivity contribution in [2.75, 3.05) is 45.9 Å². The molecule has 86 valence electrons. The van der Waals surface area contributed by atoms with E-state index in [1.54, 1.807) is 0 Å². The Hall–Kier alpha value is 0.160. The van der Waals surface area contributed by atoms with Crippen LogP contribution < -0.4 is 12.4 Å². The molecule has 0 aromatic rings. The highest BCUT2D eigenvalue weighted by atomic mass is 35.5. The molecule has 0 radical (unpaired) electrons. The standard InChI is InChI=1S/C9H16ClN4.ClH/c10-2-1-3-14-7-11-4-12(8-14)6-13(5-11)9-14;/h1,3H,2,4-9H2;1H/q+1;/p-1. The fraction of sp³-hybridized carbons (Fsp3) is 0.778. The van der Waals surface area contributed by atoms with E-state index in [9.17, 15) is 0 Å². The first-order chi connectivity index (χ1) is 6.80. The van der Waals surface area contributed by atoms with Gasteiger partial charge in [-0.3, -0.25) is 4.48 Å². The van der Waals surface area contributed by atoms with Crippen LogP contribution in [0.2, 0.25) is 0 Å². The van der Waals surface area contributed by atoms with Crippen LogP contribution in [0.5, 0.6) is 0 Å². The van der Waals surface area contributed by atoms with Crippen molar-refractivity contribution in [3.63, 3.8) is 0 Å². The van der Waals surface area contributed by atoms with Gasteiger partial charge in [0.1, 0.15) is 20.0 Å². The number of allylic oxidation sites excluding steroid dienone is 1. The fourth-order valence-corrected chi connectivity index (χ4v) is 3.06. The number of quaternary nitrogens is 1. The van der Waals surface area contributed by atoms with E-state index < -0.39 is 0 Å². The van der Waals surface area contributed by atoms with Crippen molar-refractivity contribution in [1.82, 2.24) is 14.7 Å². The van der Waals surface area contributed by atoms with Crippen molar-refractivity contribution in [1.29, 1.82) is 0 Å². The molecule has 0 saturated carbocycles. The lowest BCUT2D eigenvalue weighted by Gasteiger charge is -2.59. The van der Waals surface area contributed by atoms with Gasteiger partial charge < -0.3 is 12.4 Å². The van der Waals surface area contributed by atoms with Crippen LogP contribution in [-0.2, 0) is 0 Å². The predicted molar refractivity (Wildman–Crippen MR) is 54.8 cm³/mol. The zero-order chi connectivity index (χ0) is 9.60. The smallest absolute Gasteiger partial charge is 0.143 e. The summed E-state index contributed by atoms with van der Waals surface area (Å²) in [5, 5.41) is 0. The third kappa shape index (κ3) is 2.02. The van der Waals surface area contributed by atoms with Crippen molar-refractivity contribution < 1.29 is 16.9 Å². The van der Waals surface area contributed by atoms with Gasteiger partial charge in [-0.05, 0) is 6.08 Å². The molecule has 4 aliphatic heterocycles. The molecule has 0 atom stereocenters. The second-order valence-corrected chi connectivity index (χ2v) is 4.93. The number of halogens is 2. The number of hydrogen-bond donors (Lipinski definition) is 0. The van der Waals surface area contributed by atoms with Crippen LogP contribution in [0.3, 0.4) is 0 Å². The van der Waals surface area contributed by atoms with E-state index in [0.717, 1.165) is 44.5 Å². The molecule has 0 unspecified atom stereocenters. The Morgan fingerprint density at radius 2 is 1.47 bits per heavy atom. The number of hydrogen-bond acceptors (Lipinski definition) is 3. The van der Waals surface area contributed by atoms with Crippen LogP contribution in [0, 0.1) is 0 Å². The molecule has 4 rings (SSSR count). The molecule has 0 amide bonds. The predicted octanol–water partition coefficient (Wildman–Crippen LogP) is -2.75. The van der Waals surface area contributed by atoms with Crippen LogP contribution in [-0.4, -0.2) is 65.1 Å². The Bertz CT molecular complexity index is 234. The normalized spacial score (nSPS) is 47.1. The number of alkyl halides is 1. The lowest BCUT2D eigenvalue weighted by molar-refractivity contribution is -0.937. The van der Waals surface area contributed by atoms with E-state index in [-0.39, 0.29) is 12.4 Å². The summed E-state index contributed by atoms with van der Waals surface area (Å²) in [6, 6.07) is 0. The van der Waals surface area contributed by atoms with Gasteiger partial charge in [0, 0.05) is 5.88 Å². The summed E-state index contributed by atoms with van der Waals surface area (Å²) in [5.74, 6) is 0.625. The molecule has 4 bridgehead atoms. The van der Waals surface area contributed by atoms with Crippen molar-refractivity contribution in [3.05, 3.63) is 12.3 Å². The van der Waals surface area contributed by atoms with E-state index in [0.29, 0.717) is 5.88 Å². The monoisotopic (exact) mass is 250 g/mol. The summed E-state index contributed by atoms with van der Waals surface area (Å²) in [6.07, 6.45) is 4.36. The first kappa shape index (κ1) is 11.6. The van der Waals surface area contributed by atoms with Gasteiger partial charge in [-0.25, -0.2) is 14.7 Å². The second-order valence-electron chi connectivity index (χ2n) is 4.62. The topological polar surface area (TPSA) is 9.72 Å². The third-order valence-corrected chi connectivity index (χ3v) is 3.33. The van der Waals surface area contributed by atoms with Crippen LogP contribution in [0.15, 0.2) is 12.3 Å². The van der Waals surface area contributed by atoms with Crippen molar-refractivity contribution in [3.8, 4) is 0 Å². The summed E-state index contributed by atoms with van der Waals surface area (Å²) in [6.45, 7) is 6.89. The summed E-state index contributed by atoms with van der Waals surface area (Å²) in [7, 11) is 0. The van der Waals surface area contributed by atoms with E-state index in [1.807, 2.05) is 0 Å². The molecule has 0 aromatic heterocycles. The minimum atomic E-state index is 0. The summed E-state index contributed by atoms with van der Waals surface area (Å²) in [4.78, 5) is 7.49. The Morgan fingerprint density at radius 1 is 1.00 bits per heavy atom. The molecular weight excluding hydrogens is 235 g/mol. The Morgan fingerprint density at radius 3 is 1.87 bits per heavy atom. The summed E-state index contributed by atoms with van der Waals surface area (Å²) >= 11 is 5.70. The molecular formula is C9H16Cl2N4. The molecule has 4 heterocycles. The number of nitrogens with zero attached hydrogens (tertiary/aromatic N) is 4. The molecule has 6 heteroatoms. The first-order valence-corrected chi connectivity index (χ1v) is 5.60. The molecule has 0 aliphatic carbocycles. The average Bonchev–Trinajstić information content (AvgIpc) is 2.12. The Balaban J connectivity index is 0.000000853. The molecule has 0 spiro atoms. The van der Waals surface area contributed by atoms with Gasteiger partial charge in [-0.1, -0.05) is 0 Å². The summed E-state index contributed by atoms with van der Waals surface area (Å²) < 4.78 is 1.05.